The fourth-order valence-electron chi connectivity index (χ4n) is 3.23. The highest BCUT2D eigenvalue weighted by atomic mass is 16.5. The van der Waals surface area contributed by atoms with Crippen LogP contribution in [0.3, 0.4) is 0 Å². The monoisotopic (exact) mass is 416 g/mol. The Morgan fingerprint density at radius 2 is 1.32 bits per heavy atom. The molecule has 2 N–H and O–H groups in total. The number of amides is 2. The fourth-order valence-corrected chi connectivity index (χ4v) is 3.23. The van der Waals surface area contributed by atoms with Crippen LogP contribution in [0.25, 0.3) is 0 Å². The highest BCUT2D eigenvalue weighted by Gasteiger charge is 2.23. The van der Waals surface area contributed by atoms with Gasteiger partial charge in [-0.05, 0) is 35.6 Å². The van der Waals surface area contributed by atoms with Crippen LogP contribution in [0.2, 0.25) is 0 Å². The van der Waals surface area contributed by atoms with Crippen LogP contribution < -0.4 is 15.6 Å². The Morgan fingerprint density at radius 1 is 0.774 bits per heavy atom. The van der Waals surface area contributed by atoms with E-state index in [0.29, 0.717) is 23.8 Å². The van der Waals surface area contributed by atoms with E-state index < -0.39 is 11.8 Å². The van der Waals surface area contributed by atoms with Gasteiger partial charge in [-0.1, -0.05) is 86.6 Å². The highest BCUT2D eigenvalue weighted by molar-refractivity contribution is 5.98. The number of ether oxygens (including phenoxy) is 1. The summed E-state index contributed by atoms with van der Waals surface area (Å²) in [5, 5.41) is 0. The smallest absolute Gasteiger partial charge is 0.273 e. The summed E-state index contributed by atoms with van der Waals surface area (Å²) in [6.07, 6.45) is 0.891. The molecule has 5 heteroatoms. The molecule has 0 atom stereocenters. The van der Waals surface area contributed by atoms with Crippen molar-refractivity contribution in [2.75, 3.05) is 6.61 Å². The first kappa shape index (κ1) is 22.1. The van der Waals surface area contributed by atoms with Gasteiger partial charge in [-0.15, -0.1) is 0 Å². The molecule has 0 aliphatic rings. The summed E-state index contributed by atoms with van der Waals surface area (Å²) in [5.41, 5.74) is 7.19. The third kappa shape index (κ3) is 6.19. The summed E-state index contributed by atoms with van der Waals surface area (Å²) in [6.45, 7) is 4.76. The van der Waals surface area contributed by atoms with Gasteiger partial charge >= 0.3 is 0 Å². The minimum Gasteiger partial charge on any atom is -0.493 e. The average Bonchev–Trinajstić information content (AvgIpc) is 2.79. The molecule has 0 heterocycles. The van der Waals surface area contributed by atoms with E-state index in [9.17, 15) is 9.59 Å². The summed E-state index contributed by atoms with van der Waals surface area (Å²) >= 11 is 0. The predicted octanol–water partition coefficient (Wildman–Crippen LogP) is 4.70. The molecule has 0 aliphatic heterocycles. The minimum atomic E-state index is -0.541. The SMILES string of the molecule is CC(C)CCOc1ccccc1C(=O)NNC(=O)C(c1ccccc1)c1ccccc1. The Labute approximate surface area is 183 Å². The summed E-state index contributed by atoms with van der Waals surface area (Å²) in [4.78, 5) is 25.8. The van der Waals surface area contributed by atoms with Crippen LogP contribution in [0.4, 0.5) is 0 Å². The molecule has 0 radical (unpaired) electrons. The van der Waals surface area contributed by atoms with Gasteiger partial charge in [0.05, 0.1) is 18.1 Å². The Balaban J connectivity index is 1.71. The molecular formula is C26H28N2O3. The maximum Gasteiger partial charge on any atom is 0.273 e. The summed E-state index contributed by atoms with van der Waals surface area (Å²) < 4.78 is 5.79. The number of rotatable bonds is 8. The summed E-state index contributed by atoms with van der Waals surface area (Å²) in [5.74, 6) is -0.275. The zero-order valence-corrected chi connectivity index (χ0v) is 17.9. The molecule has 0 saturated carbocycles. The first-order valence-corrected chi connectivity index (χ1v) is 10.5. The molecule has 2 amide bonds. The van der Waals surface area contributed by atoms with Gasteiger partial charge in [0, 0.05) is 0 Å². The molecule has 3 aromatic rings. The quantitative estimate of drug-likeness (QED) is 0.523. The number of hydrogen-bond donors (Lipinski definition) is 2. The van der Waals surface area contributed by atoms with Crippen LogP contribution >= 0.6 is 0 Å². The van der Waals surface area contributed by atoms with Crippen LogP contribution in [0.1, 0.15) is 47.7 Å². The number of para-hydroxylation sites is 1. The Kier molecular flexibility index (Phi) is 7.82. The van der Waals surface area contributed by atoms with Gasteiger partial charge in [0.2, 0.25) is 5.91 Å². The molecular weight excluding hydrogens is 388 g/mol. The van der Waals surface area contributed by atoms with Gasteiger partial charge in [0.25, 0.3) is 5.91 Å². The lowest BCUT2D eigenvalue weighted by atomic mass is 9.91. The lowest BCUT2D eigenvalue weighted by molar-refractivity contribution is -0.122. The van der Waals surface area contributed by atoms with Crippen molar-refractivity contribution in [1.82, 2.24) is 10.9 Å². The molecule has 0 bridgehead atoms. The Hall–Kier alpha value is -3.60. The first-order chi connectivity index (χ1) is 15.1. The second-order valence-electron chi connectivity index (χ2n) is 7.72. The van der Waals surface area contributed by atoms with Crippen molar-refractivity contribution in [2.24, 2.45) is 5.92 Å². The van der Waals surface area contributed by atoms with Crippen LogP contribution in [-0.4, -0.2) is 18.4 Å². The van der Waals surface area contributed by atoms with E-state index in [4.69, 9.17) is 4.74 Å². The number of hydrogen-bond acceptors (Lipinski definition) is 3. The van der Waals surface area contributed by atoms with Crippen LogP contribution in [-0.2, 0) is 4.79 Å². The molecule has 5 nitrogen and oxygen atoms in total. The molecule has 160 valence electrons. The van der Waals surface area contributed by atoms with Gasteiger partial charge in [0.15, 0.2) is 0 Å². The third-order valence-corrected chi connectivity index (χ3v) is 4.91. The van der Waals surface area contributed by atoms with Gasteiger partial charge in [0.1, 0.15) is 5.75 Å². The third-order valence-electron chi connectivity index (χ3n) is 4.91. The molecule has 31 heavy (non-hydrogen) atoms. The minimum absolute atomic E-state index is 0.316. The average molecular weight is 417 g/mol. The van der Waals surface area contributed by atoms with Crippen molar-refractivity contribution in [1.29, 1.82) is 0 Å². The van der Waals surface area contributed by atoms with Crippen molar-refractivity contribution >= 4 is 11.8 Å². The zero-order chi connectivity index (χ0) is 22.1. The van der Waals surface area contributed by atoms with E-state index in [1.807, 2.05) is 66.7 Å². The first-order valence-electron chi connectivity index (χ1n) is 10.5. The second-order valence-corrected chi connectivity index (χ2v) is 7.72. The van der Waals surface area contributed by atoms with Crippen molar-refractivity contribution in [3.63, 3.8) is 0 Å². The second kappa shape index (κ2) is 11.0. The van der Waals surface area contributed by atoms with E-state index in [1.165, 1.54) is 0 Å². The molecule has 0 aromatic heterocycles. The zero-order valence-electron chi connectivity index (χ0n) is 17.9. The maximum atomic E-state index is 13.1. The van der Waals surface area contributed by atoms with E-state index >= 15 is 0 Å². The van der Waals surface area contributed by atoms with Crippen LogP contribution in [0.5, 0.6) is 5.75 Å². The summed E-state index contributed by atoms with van der Waals surface area (Å²) in [7, 11) is 0. The van der Waals surface area contributed by atoms with Gasteiger partial charge < -0.3 is 4.74 Å². The van der Waals surface area contributed by atoms with E-state index in [0.717, 1.165) is 17.5 Å². The van der Waals surface area contributed by atoms with Gasteiger partial charge in [-0.25, -0.2) is 0 Å². The standard InChI is InChI=1S/C26H28N2O3/c1-19(2)17-18-31-23-16-10-9-15-22(23)25(29)27-28-26(30)24(20-11-5-3-6-12-20)21-13-7-4-8-14-21/h3-16,19,24H,17-18H2,1-2H3,(H,27,29)(H,28,30). The fraction of sp³-hybridized carbons (Fsp3) is 0.231. The number of benzene rings is 3. The largest absolute Gasteiger partial charge is 0.493 e. The molecule has 3 rings (SSSR count). The molecule has 3 aromatic carbocycles. The van der Waals surface area contributed by atoms with E-state index in [2.05, 4.69) is 24.7 Å². The summed E-state index contributed by atoms with van der Waals surface area (Å²) in [6, 6.07) is 26.0. The molecule has 0 fully saturated rings. The Bertz CT molecular complexity index is 948. The lowest BCUT2D eigenvalue weighted by Crippen LogP contribution is -2.44. The highest BCUT2D eigenvalue weighted by Crippen LogP contribution is 2.24. The van der Waals surface area contributed by atoms with E-state index in [-0.39, 0.29) is 5.91 Å². The molecule has 0 saturated heterocycles. The van der Waals surface area contributed by atoms with Gasteiger partial charge in [-0.3, -0.25) is 20.4 Å². The van der Waals surface area contributed by atoms with Crippen LogP contribution in [0, 0.1) is 5.92 Å². The number of carbonyl (C=O) groups is 2. The number of nitrogens with one attached hydrogen (secondary N) is 2. The molecule has 0 aliphatic carbocycles. The van der Waals surface area contributed by atoms with Crippen LogP contribution in [0.15, 0.2) is 84.9 Å². The van der Waals surface area contributed by atoms with Crippen molar-refractivity contribution in [3.05, 3.63) is 102 Å². The lowest BCUT2D eigenvalue weighted by Gasteiger charge is -2.18. The number of hydrazine groups is 1. The normalized spacial score (nSPS) is 10.7. The van der Waals surface area contributed by atoms with Gasteiger partial charge in [-0.2, -0.15) is 0 Å². The van der Waals surface area contributed by atoms with Crippen molar-refractivity contribution in [2.45, 2.75) is 26.2 Å². The maximum absolute atomic E-state index is 13.1. The molecule has 0 unspecified atom stereocenters. The molecule has 0 spiro atoms. The van der Waals surface area contributed by atoms with Crippen molar-refractivity contribution < 1.29 is 14.3 Å². The van der Waals surface area contributed by atoms with Crippen molar-refractivity contribution in [3.8, 4) is 5.75 Å². The topological polar surface area (TPSA) is 67.4 Å². The Morgan fingerprint density at radius 3 is 1.90 bits per heavy atom. The predicted molar refractivity (Wildman–Crippen MR) is 122 cm³/mol. The van der Waals surface area contributed by atoms with E-state index in [1.54, 1.807) is 18.2 Å². The number of carbonyl (C=O) groups excluding carboxylic acids is 2.